The summed E-state index contributed by atoms with van der Waals surface area (Å²) in [7, 11) is 1.27. The molecule has 0 aromatic heterocycles. The Hall–Kier alpha value is -1.26. The van der Waals surface area contributed by atoms with Gasteiger partial charge in [0.1, 0.15) is 6.04 Å². The van der Waals surface area contributed by atoms with Crippen LogP contribution in [0.5, 0.6) is 0 Å². The second-order valence-electron chi connectivity index (χ2n) is 4.98. The Morgan fingerprint density at radius 2 is 1.56 bits per heavy atom. The highest BCUT2D eigenvalue weighted by Gasteiger charge is 2.23. The second kappa shape index (κ2) is 10.9. The van der Waals surface area contributed by atoms with Crippen LogP contribution in [0.2, 0.25) is 0 Å². The number of amides is 2. The van der Waals surface area contributed by atoms with Crippen molar-refractivity contribution in [2.75, 3.05) is 13.7 Å². The first kappa shape index (κ1) is 19.1. The molecule has 0 aliphatic carbocycles. The third-order valence-corrected chi connectivity index (χ3v) is 1.76. The molecule has 0 spiro atoms. The van der Waals surface area contributed by atoms with E-state index >= 15 is 0 Å². The van der Waals surface area contributed by atoms with Crippen LogP contribution < -0.4 is 10.6 Å². The van der Waals surface area contributed by atoms with Gasteiger partial charge in [-0.2, -0.15) is 0 Å². The van der Waals surface area contributed by atoms with E-state index in [1.165, 1.54) is 7.11 Å². The maximum atomic E-state index is 11.5. The minimum Gasteiger partial charge on any atom is -0.453 e. The average molecular weight is 260 g/mol. The quantitative estimate of drug-likeness (QED) is 0.814. The lowest BCUT2D eigenvalue weighted by molar-refractivity contribution is -0.123. The Kier molecular flexibility index (Phi) is 11.5. The maximum absolute atomic E-state index is 11.5. The number of hydrogen-bond acceptors (Lipinski definition) is 3. The van der Waals surface area contributed by atoms with Crippen LogP contribution in [0, 0.1) is 11.8 Å². The van der Waals surface area contributed by atoms with Crippen LogP contribution in [0.15, 0.2) is 0 Å². The fourth-order valence-corrected chi connectivity index (χ4v) is 1.01. The van der Waals surface area contributed by atoms with Crippen molar-refractivity contribution < 1.29 is 14.3 Å². The number of carbonyl (C=O) groups excluding carboxylic acids is 2. The van der Waals surface area contributed by atoms with Crippen molar-refractivity contribution >= 4 is 12.0 Å². The van der Waals surface area contributed by atoms with Gasteiger partial charge in [-0.3, -0.25) is 4.79 Å². The minimum atomic E-state index is -0.588. The van der Waals surface area contributed by atoms with Gasteiger partial charge in [0, 0.05) is 6.54 Å². The topological polar surface area (TPSA) is 67.4 Å². The highest BCUT2D eigenvalue weighted by molar-refractivity contribution is 5.85. The number of hydrogen-bond donors (Lipinski definition) is 2. The molecule has 1 atom stereocenters. The van der Waals surface area contributed by atoms with E-state index in [-0.39, 0.29) is 11.8 Å². The summed E-state index contributed by atoms with van der Waals surface area (Å²) in [5.41, 5.74) is 0. The molecule has 0 aromatic rings. The lowest BCUT2D eigenvalue weighted by Crippen LogP contribution is -2.49. The summed E-state index contributed by atoms with van der Waals surface area (Å²) in [6.45, 7) is 12.6. The molecule has 0 aromatic carbocycles. The molecule has 0 bridgehead atoms. The van der Waals surface area contributed by atoms with Gasteiger partial charge in [0.15, 0.2) is 0 Å². The summed E-state index contributed by atoms with van der Waals surface area (Å²) in [6.07, 6.45) is -0.588. The van der Waals surface area contributed by atoms with Crippen molar-refractivity contribution in [1.82, 2.24) is 10.6 Å². The van der Waals surface area contributed by atoms with E-state index in [1.54, 1.807) is 0 Å². The number of likely N-dealkylation sites (N-methyl/N-ethyl adjacent to an activating group) is 1. The van der Waals surface area contributed by atoms with Gasteiger partial charge in [-0.05, 0) is 18.8 Å². The molecule has 0 saturated heterocycles. The molecule has 18 heavy (non-hydrogen) atoms. The van der Waals surface area contributed by atoms with Crippen LogP contribution >= 0.6 is 0 Å². The highest BCUT2D eigenvalue weighted by atomic mass is 16.5. The van der Waals surface area contributed by atoms with Gasteiger partial charge in [0.05, 0.1) is 7.11 Å². The van der Waals surface area contributed by atoms with Gasteiger partial charge in [-0.1, -0.05) is 34.6 Å². The summed E-state index contributed by atoms with van der Waals surface area (Å²) < 4.78 is 4.43. The van der Waals surface area contributed by atoms with Crippen LogP contribution in [0.3, 0.4) is 0 Å². The molecular weight excluding hydrogens is 232 g/mol. The minimum absolute atomic E-state index is 0.0284. The van der Waals surface area contributed by atoms with Crippen molar-refractivity contribution in [3.8, 4) is 0 Å². The summed E-state index contributed by atoms with van der Waals surface area (Å²) in [4.78, 5) is 22.4. The number of ether oxygens (including phenoxy) is 1. The molecule has 0 radical (unpaired) electrons. The standard InChI is InChI=1S/C9H18N2O3.C4H10/c1-5-10-8(12)7(6(2)3)11-9(13)14-4;1-4(2)3/h6-7H,5H2,1-4H3,(H,10,12)(H,11,13);4H,1-3H3. The van der Waals surface area contributed by atoms with Crippen molar-refractivity contribution in [2.45, 2.75) is 47.6 Å². The Labute approximate surface area is 111 Å². The van der Waals surface area contributed by atoms with E-state index < -0.39 is 12.1 Å². The van der Waals surface area contributed by atoms with Crippen molar-refractivity contribution in [3.63, 3.8) is 0 Å². The summed E-state index contributed by atoms with van der Waals surface area (Å²) in [5.74, 6) is 0.675. The zero-order chi connectivity index (χ0) is 14.7. The molecule has 5 nitrogen and oxygen atoms in total. The number of carbonyl (C=O) groups is 2. The first-order valence-corrected chi connectivity index (χ1v) is 6.38. The van der Waals surface area contributed by atoms with Gasteiger partial charge in [-0.15, -0.1) is 0 Å². The van der Waals surface area contributed by atoms with Crippen LogP contribution in [0.1, 0.15) is 41.5 Å². The lowest BCUT2D eigenvalue weighted by atomic mass is 10.0. The van der Waals surface area contributed by atoms with Crippen molar-refractivity contribution in [2.24, 2.45) is 11.8 Å². The van der Waals surface area contributed by atoms with Gasteiger partial charge in [0.25, 0.3) is 0 Å². The number of rotatable bonds is 4. The fourth-order valence-electron chi connectivity index (χ4n) is 1.01. The zero-order valence-electron chi connectivity index (χ0n) is 12.7. The van der Waals surface area contributed by atoms with Gasteiger partial charge in [-0.25, -0.2) is 4.79 Å². The van der Waals surface area contributed by atoms with Gasteiger partial charge >= 0.3 is 6.09 Å². The molecule has 2 N–H and O–H groups in total. The fraction of sp³-hybridized carbons (Fsp3) is 0.846. The summed E-state index contributed by atoms with van der Waals surface area (Å²) in [6, 6.07) is -0.539. The zero-order valence-corrected chi connectivity index (χ0v) is 12.7. The van der Waals surface area contributed by atoms with E-state index in [9.17, 15) is 9.59 Å². The molecule has 0 aliphatic heterocycles. The van der Waals surface area contributed by atoms with Crippen LogP contribution in [0.4, 0.5) is 4.79 Å². The van der Waals surface area contributed by atoms with E-state index in [4.69, 9.17) is 0 Å². The van der Waals surface area contributed by atoms with E-state index in [0.717, 1.165) is 5.92 Å². The summed E-state index contributed by atoms with van der Waals surface area (Å²) in [5, 5.41) is 5.12. The molecule has 2 amide bonds. The Morgan fingerprint density at radius 3 is 1.83 bits per heavy atom. The van der Waals surface area contributed by atoms with Crippen LogP contribution in [-0.2, 0) is 9.53 Å². The molecule has 0 saturated carbocycles. The first-order chi connectivity index (χ1) is 8.26. The molecule has 0 aliphatic rings. The Bertz CT molecular complexity index is 238. The normalized spacial score (nSPS) is 11.4. The Morgan fingerprint density at radius 1 is 1.11 bits per heavy atom. The Balaban J connectivity index is 0. The first-order valence-electron chi connectivity index (χ1n) is 6.38. The second-order valence-corrected chi connectivity index (χ2v) is 4.98. The van der Waals surface area contributed by atoms with Crippen LogP contribution in [0.25, 0.3) is 0 Å². The van der Waals surface area contributed by atoms with Gasteiger partial charge in [0.2, 0.25) is 5.91 Å². The highest BCUT2D eigenvalue weighted by Crippen LogP contribution is 2.01. The van der Waals surface area contributed by atoms with E-state index in [0.29, 0.717) is 6.54 Å². The largest absolute Gasteiger partial charge is 0.453 e. The molecule has 0 fully saturated rings. The monoisotopic (exact) mass is 260 g/mol. The predicted molar refractivity (Wildman–Crippen MR) is 73.4 cm³/mol. The number of alkyl carbamates (subject to hydrolysis) is 1. The molecule has 108 valence electrons. The number of nitrogens with one attached hydrogen (secondary N) is 2. The predicted octanol–water partition coefficient (Wildman–Crippen LogP) is 2.17. The third kappa shape index (κ3) is 11.2. The van der Waals surface area contributed by atoms with E-state index in [2.05, 4.69) is 36.1 Å². The third-order valence-electron chi connectivity index (χ3n) is 1.76. The molecule has 0 rings (SSSR count). The van der Waals surface area contributed by atoms with Crippen molar-refractivity contribution in [3.05, 3.63) is 0 Å². The SMILES string of the molecule is CC(C)C.CCNC(=O)C(NC(=O)OC)C(C)C. The average Bonchev–Trinajstić information content (AvgIpc) is 2.24. The van der Waals surface area contributed by atoms with Crippen LogP contribution in [-0.4, -0.2) is 31.7 Å². The molecule has 0 heterocycles. The molecule has 1 unspecified atom stereocenters. The smallest absolute Gasteiger partial charge is 0.407 e. The maximum Gasteiger partial charge on any atom is 0.407 e. The molecule has 5 heteroatoms. The van der Waals surface area contributed by atoms with E-state index in [1.807, 2.05) is 20.8 Å². The summed E-state index contributed by atoms with van der Waals surface area (Å²) >= 11 is 0. The molecular formula is C13H28N2O3. The van der Waals surface area contributed by atoms with Gasteiger partial charge < -0.3 is 15.4 Å². The lowest BCUT2D eigenvalue weighted by Gasteiger charge is -2.20. The number of methoxy groups -OCH3 is 1. The van der Waals surface area contributed by atoms with Crippen molar-refractivity contribution in [1.29, 1.82) is 0 Å².